The summed E-state index contributed by atoms with van der Waals surface area (Å²) in [5.74, 6) is 8.92. The quantitative estimate of drug-likeness (QED) is 0.647. The van der Waals surface area contributed by atoms with E-state index in [1.54, 1.807) is 0 Å². The van der Waals surface area contributed by atoms with Crippen molar-refractivity contribution in [1.82, 2.24) is 15.2 Å². The van der Waals surface area contributed by atoms with Crippen molar-refractivity contribution in [3.05, 3.63) is 18.0 Å². The number of aromatic nitrogens is 2. The molecule has 0 radical (unpaired) electrons. The van der Waals surface area contributed by atoms with Gasteiger partial charge in [0.05, 0.1) is 6.20 Å². The van der Waals surface area contributed by atoms with Gasteiger partial charge in [0.25, 0.3) is 0 Å². The van der Waals surface area contributed by atoms with Crippen LogP contribution in [0.4, 0.5) is 0 Å². The maximum absolute atomic E-state index is 5.90. The van der Waals surface area contributed by atoms with E-state index < -0.39 is 0 Å². The van der Waals surface area contributed by atoms with Crippen molar-refractivity contribution in [2.75, 3.05) is 0 Å². The molecule has 1 unspecified atom stereocenters. The van der Waals surface area contributed by atoms with E-state index in [0.29, 0.717) is 5.41 Å². The molecule has 0 aromatic carbocycles. The zero-order valence-corrected chi connectivity index (χ0v) is 13.1. The van der Waals surface area contributed by atoms with E-state index in [0.717, 1.165) is 24.3 Å². The molecule has 0 amide bonds. The molecule has 4 nitrogen and oxygen atoms in total. The molecule has 0 saturated heterocycles. The number of rotatable bonds is 5. The van der Waals surface area contributed by atoms with E-state index >= 15 is 0 Å². The van der Waals surface area contributed by atoms with E-state index in [1.165, 1.54) is 50.5 Å². The van der Waals surface area contributed by atoms with Gasteiger partial charge in [0.1, 0.15) is 0 Å². The molecule has 116 valence electrons. The van der Waals surface area contributed by atoms with Crippen molar-refractivity contribution < 1.29 is 0 Å². The van der Waals surface area contributed by atoms with Gasteiger partial charge < -0.3 is 0 Å². The fraction of sp³-hybridized carbons (Fsp3) is 0.824. The number of nitrogens with one attached hydrogen (secondary N) is 1. The van der Waals surface area contributed by atoms with Crippen LogP contribution >= 0.6 is 0 Å². The van der Waals surface area contributed by atoms with Crippen molar-refractivity contribution in [3.63, 3.8) is 0 Å². The number of hydrazine groups is 1. The highest BCUT2D eigenvalue weighted by molar-refractivity contribution is 5.13. The van der Waals surface area contributed by atoms with Gasteiger partial charge in [-0.25, -0.2) is 0 Å². The molecule has 1 atom stereocenters. The summed E-state index contributed by atoms with van der Waals surface area (Å²) in [5.41, 5.74) is 4.89. The third kappa shape index (κ3) is 2.42. The van der Waals surface area contributed by atoms with Crippen molar-refractivity contribution in [2.24, 2.45) is 29.0 Å². The maximum Gasteiger partial charge on any atom is 0.0538 e. The van der Waals surface area contributed by atoms with E-state index in [1.807, 2.05) is 10.9 Å². The Morgan fingerprint density at radius 3 is 2.38 bits per heavy atom. The number of hydrogen-bond donors (Lipinski definition) is 2. The van der Waals surface area contributed by atoms with Crippen LogP contribution in [0.25, 0.3) is 0 Å². The van der Waals surface area contributed by atoms with Crippen molar-refractivity contribution >= 4 is 0 Å². The Labute approximate surface area is 127 Å². The first-order chi connectivity index (χ1) is 10.2. The van der Waals surface area contributed by atoms with Crippen LogP contribution in [0.1, 0.15) is 63.5 Å². The molecule has 1 heterocycles. The first kappa shape index (κ1) is 13.8. The van der Waals surface area contributed by atoms with Gasteiger partial charge in [-0.3, -0.25) is 16.0 Å². The molecule has 1 aromatic heterocycles. The fourth-order valence-electron chi connectivity index (χ4n) is 5.98. The van der Waals surface area contributed by atoms with Crippen LogP contribution in [0.5, 0.6) is 0 Å². The maximum atomic E-state index is 5.90. The first-order valence-corrected chi connectivity index (χ1v) is 8.68. The van der Waals surface area contributed by atoms with E-state index in [-0.39, 0.29) is 6.04 Å². The largest absolute Gasteiger partial charge is 0.273 e. The molecule has 4 aliphatic carbocycles. The van der Waals surface area contributed by atoms with Gasteiger partial charge in [0, 0.05) is 24.3 Å². The molecule has 21 heavy (non-hydrogen) atoms. The molecule has 4 bridgehead atoms. The standard InChI is InChI=1S/C17H28N4/c1-2-21-11-15(10-19-21)16(20-18)9-17-6-12-3-13(7-17)5-14(4-12)8-17/h10-14,16,20H,2-9,18H2,1H3. The second-order valence-electron chi connectivity index (χ2n) is 7.97. The van der Waals surface area contributed by atoms with Gasteiger partial charge >= 0.3 is 0 Å². The Kier molecular flexibility index (Phi) is 3.34. The summed E-state index contributed by atoms with van der Waals surface area (Å²) < 4.78 is 2.00. The summed E-state index contributed by atoms with van der Waals surface area (Å²) in [6.07, 6.45) is 14.2. The van der Waals surface area contributed by atoms with Gasteiger partial charge in [-0.05, 0) is 75.0 Å². The molecule has 3 N–H and O–H groups in total. The summed E-state index contributed by atoms with van der Waals surface area (Å²) in [6, 6.07) is 0.265. The van der Waals surface area contributed by atoms with Crippen LogP contribution < -0.4 is 11.3 Å². The van der Waals surface area contributed by atoms with Crippen LogP contribution in [0.2, 0.25) is 0 Å². The van der Waals surface area contributed by atoms with Crippen LogP contribution in [0, 0.1) is 23.2 Å². The average Bonchev–Trinajstić information content (AvgIpc) is 2.92. The zero-order chi connectivity index (χ0) is 14.4. The predicted octanol–water partition coefficient (Wildman–Crippen LogP) is 3.01. The Balaban J connectivity index is 1.53. The molecule has 5 rings (SSSR count). The number of hydrogen-bond acceptors (Lipinski definition) is 3. The summed E-state index contributed by atoms with van der Waals surface area (Å²) in [5, 5.41) is 4.42. The van der Waals surface area contributed by atoms with Crippen LogP contribution in [-0.2, 0) is 6.54 Å². The third-order valence-electron chi connectivity index (χ3n) is 6.38. The lowest BCUT2D eigenvalue weighted by Gasteiger charge is -2.57. The van der Waals surface area contributed by atoms with Gasteiger partial charge in [0.15, 0.2) is 0 Å². The Morgan fingerprint density at radius 2 is 1.90 bits per heavy atom. The van der Waals surface area contributed by atoms with Gasteiger partial charge in [-0.2, -0.15) is 5.10 Å². The minimum Gasteiger partial charge on any atom is -0.273 e. The Bertz CT molecular complexity index is 471. The van der Waals surface area contributed by atoms with Crippen LogP contribution in [-0.4, -0.2) is 9.78 Å². The molecule has 4 saturated carbocycles. The minimum atomic E-state index is 0.265. The molecular weight excluding hydrogens is 260 g/mol. The number of nitrogens with zero attached hydrogens (tertiary/aromatic N) is 2. The lowest BCUT2D eigenvalue weighted by atomic mass is 9.48. The predicted molar refractivity (Wildman–Crippen MR) is 83.2 cm³/mol. The highest BCUT2D eigenvalue weighted by Gasteiger charge is 2.51. The summed E-state index contributed by atoms with van der Waals surface area (Å²) in [7, 11) is 0. The van der Waals surface area contributed by atoms with E-state index in [4.69, 9.17) is 5.84 Å². The first-order valence-electron chi connectivity index (χ1n) is 8.68. The highest BCUT2D eigenvalue weighted by Crippen LogP contribution is 2.62. The van der Waals surface area contributed by atoms with Gasteiger partial charge in [0.2, 0.25) is 0 Å². The molecular formula is C17H28N4. The minimum absolute atomic E-state index is 0.265. The fourth-order valence-corrected chi connectivity index (χ4v) is 5.98. The molecule has 4 aliphatic rings. The van der Waals surface area contributed by atoms with E-state index in [9.17, 15) is 0 Å². The van der Waals surface area contributed by atoms with Crippen LogP contribution in [0.15, 0.2) is 12.4 Å². The second kappa shape index (κ2) is 5.10. The smallest absolute Gasteiger partial charge is 0.0538 e. The summed E-state index contributed by atoms with van der Waals surface area (Å²) in [4.78, 5) is 0. The monoisotopic (exact) mass is 288 g/mol. The van der Waals surface area contributed by atoms with Gasteiger partial charge in [-0.15, -0.1) is 0 Å². The van der Waals surface area contributed by atoms with E-state index in [2.05, 4.69) is 23.6 Å². The van der Waals surface area contributed by atoms with Crippen molar-refractivity contribution in [3.8, 4) is 0 Å². The zero-order valence-electron chi connectivity index (χ0n) is 13.1. The molecule has 0 spiro atoms. The molecule has 0 aliphatic heterocycles. The Morgan fingerprint density at radius 1 is 1.29 bits per heavy atom. The average molecular weight is 288 g/mol. The number of aryl methyl sites for hydroxylation is 1. The molecule has 4 heteroatoms. The van der Waals surface area contributed by atoms with Crippen molar-refractivity contribution in [2.45, 2.75) is 64.5 Å². The Hall–Kier alpha value is -0.870. The SMILES string of the molecule is CCn1cc(C(CC23CC4CC(CC(C4)C2)C3)NN)cn1. The summed E-state index contributed by atoms with van der Waals surface area (Å²) >= 11 is 0. The lowest BCUT2D eigenvalue weighted by molar-refractivity contribution is -0.0623. The molecule has 4 fully saturated rings. The van der Waals surface area contributed by atoms with Crippen LogP contribution in [0.3, 0.4) is 0 Å². The molecule has 1 aromatic rings. The topological polar surface area (TPSA) is 55.9 Å². The third-order valence-corrected chi connectivity index (χ3v) is 6.38. The van der Waals surface area contributed by atoms with Crippen molar-refractivity contribution in [1.29, 1.82) is 0 Å². The summed E-state index contributed by atoms with van der Waals surface area (Å²) in [6.45, 7) is 3.05. The number of nitrogens with two attached hydrogens (primary N) is 1. The lowest BCUT2D eigenvalue weighted by Crippen LogP contribution is -2.47. The second-order valence-corrected chi connectivity index (χ2v) is 7.97. The highest BCUT2D eigenvalue weighted by atomic mass is 15.3. The normalized spacial score (nSPS) is 38.9. The van der Waals surface area contributed by atoms with Gasteiger partial charge in [-0.1, -0.05) is 0 Å².